The molecule has 0 unspecified atom stereocenters. The minimum atomic E-state index is -1.15. The van der Waals surface area contributed by atoms with Gasteiger partial charge >= 0.3 is 0 Å². The van der Waals surface area contributed by atoms with Crippen molar-refractivity contribution < 1.29 is 9.59 Å². The van der Waals surface area contributed by atoms with Gasteiger partial charge in [-0.1, -0.05) is 36.4 Å². The zero-order chi connectivity index (χ0) is 22.2. The molecule has 3 aliphatic rings. The molecule has 8 rings (SSSR count). The summed E-state index contributed by atoms with van der Waals surface area (Å²) in [4.78, 5) is 25.9. The molecule has 1 fully saturated rings. The molecule has 0 saturated heterocycles. The van der Waals surface area contributed by atoms with Gasteiger partial charge in [-0.2, -0.15) is 0 Å². The third-order valence-corrected chi connectivity index (χ3v) is 8.35. The van der Waals surface area contributed by atoms with E-state index in [1.54, 1.807) is 0 Å². The molecule has 3 aromatic carbocycles. The lowest BCUT2D eigenvalue weighted by Gasteiger charge is -2.31. The number of benzene rings is 3. The van der Waals surface area contributed by atoms with Gasteiger partial charge in [0.15, 0.2) is 0 Å². The van der Waals surface area contributed by atoms with E-state index in [4.69, 9.17) is 11.5 Å². The minimum absolute atomic E-state index is 0.0132. The summed E-state index contributed by atoms with van der Waals surface area (Å²) in [5, 5.41) is 7.29. The second kappa shape index (κ2) is 5.38. The Morgan fingerprint density at radius 3 is 2.33 bits per heavy atom. The second-order valence-electron chi connectivity index (χ2n) is 9.77. The van der Waals surface area contributed by atoms with Crippen LogP contribution in [-0.4, -0.2) is 26.5 Å². The Balaban J connectivity index is 1.75. The van der Waals surface area contributed by atoms with Gasteiger partial charge in [0.2, 0.25) is 5.91 Å². The van der Waals surface area contributed by atoms with Crippen molar-refractivity contribution in [1.29, 1.82) is 0 Å². The van der Waals surface area contributed by atoms with E-state index in [1.165, 1.54) is 0 Å². The van der Waals surface area contributed by atoms with Crippen LogP contribution in [0.5, 0.6) is 0 Å². The Labute approximate surface area is 187 Å². The van der Waals surface area contributed by atoms with Gasteiger partial charge in [0.1, 0.15) is 5.54 Å². The molecule has 162 valence electrons. The first-order chi connectivity index (χ1) is 16.0. The highest BCUT2D eigenvalue weighted by atomic mass is 16.2. The number of nitrogens with zero attached hydrogens (tertiary/aromatic N) is 2. The number of rotatable bonds is 1. The highest BCUT2D eigenvalue weighted by molar-refractivity contribution is 6.31. The number of carbonyl (C=O) groups is 2. The molecule has 7 nitrogen and oxygen atoms in total. The van der Waals surface area contributed by atoms with Gasteiger partial charge < -0.3 is 25.9 Å². The van der Waals surface area contributed by atoms with Gasteiger partial charge in [0.05, 0.1) is 22.6 Å². The van der Waals surface area contributed by atoms with Crippen molar-refractivity contribution in [2.75, 3.05) is 0 Å². The third kappa shape index (κ3) is 1.78. The zero-order valence-electron chi connectivity index (χ0n) is 17.8. The molecule has 7 heteroatoms. The van der Waals surface area contributed by atoms with Gasteiger partial charge in [0.25, 0.3) is 5.91 Å². The maximum absolute atomic E-state index is 13.2. The molecule has 2 bridgehead atoms. The van der Waals surface area contributed by atoms with Crippen LogP contribution in [-0.2, 0) is 11.3 Å². The normalized spacial score (nSPS) is 25.4. The lowest BCUT2D eigenvalue weighted by atomic mass is 9.92. The predicted octanol–water partition coefficient (Wildman–Crippen LogP) is 3.22. The lowest BCUT2D eigenvalue weighted by molar-refractivity contribution is -0.124. The van der Waals surface area contributed by atoms with Crippen LogP contribution in [0.4, 0.5) is 0 Å². The molecule has 0 spiro atoms. The van der Waals surface area contributed by atoms with E-state index >= 15 is 0 Å². The molecule has 4 heterocycles. The van der Waals surface area contributed by atoms with Crippen molar-refractivity contribution in [1.82, 2.24) is 14.5 Å². The predicted molar refractivity (Wildman–Crippen MR) is 127 cm³/mol. The van der Waals surface area contributed by atoms with Crippen molar-refractivity contribution in [3.8, 4) is 0 Å². The summed E-state index contributed by atoms with van der Waals surface area (Å²) in [6, 6.07) is 16.2. The van der Waals surface area contributed by atoms with Crippen LogP contribution in [0, 0.1) is 0 Å². The fraction of sp³-hybridized carbons (Fsp3) is 0.231. The number of hydrogen-bond donors (Lipinski definition) is 3. The summed E-state index contributed by atoms with van der Waals surface area (Å²) in [5.41, 5.74) is 17.7. The molecule has 1 saturated carbocycles. The lowest BCUT2D eigenvalue weighted by Crippen LogP contribution is -2.55. The molecular weight excluding hydrogens is 414 g/mol. The van der Waals surface area contributed by atoms with Crippen molar-refractivity contribution in [2.45, 2.75) is 37.0 Å². The SMILES string of the molecule is NC(=O)[C@]1(N)C[C@@H]2C[C@H]1n1c3ccccc3c3c4c(c5c6ccccc6n2c5c31)C(=O)NC4. The Morgan fingerprint density at radius 1 is 0.970 bits per heavy atom. The van der Waals surface area contributed by atoms with Crippen molar-refractivity contribution in [3.63, 3.8) is 0 Å². The topological polar surface area (TPSA) is 108 Å². The number of nitrogens with two attached hydrogens (primary N) is 2. The van der Waals surface area contributed by atoms with Crippen LogP contribution in [0.2, 0.25) is 0 Å². The maximum Gasteiger partial charge on any atom is 0.252 e. The van der Waals surface area contributed by atoms with Crippen LogP contribution >= 0.6 is 0 Å². The molecule has 2 aliphatic heterocycles. The summed E-state index contributed by atoms with van der Waals surface area (Å²) >= 11 is 0. The van der Waals surface area contributed by atoms with Crippen molar-refractivity contribution >= 4 is 55.4 Å². The average Bonchev–Trinajstić information content (AvgIpc) is 3.51. The summed E-state index contributed by atoms with van der Waals surface area (Å²) < 4.78 is 4.61. The van der Waals surface area contributed by atoms with Crippen LogP contribution in [0.15, 0.2) is 48.5 Å². The van der Waals surface area contributed by atoms with E-state index < -0.39 is 11.4 Å². The fourth-order valence-corrected chi connectivity index (χ4v) is 7.09. The van der Waals surface area contributed by atoms with Gasteiger partial charge in [-0.25, -0.2) is 0 Å². The highest BCUT2D eigenvalue weighted by Gasteiger charge is 2.53. The first-order valence-corrected chi connectivity index (χ1v) is 11.4. The van der Waals surface area contributed by atoms with Crippen LogP contribution in [0.1, 0.15) is 40.8 Å². The quantitative estimate of drug-likeness (QED) is 0.376. The van der Waals surface area contributed by atoms with Gasteiger partial charge in [-0.3, -0.25) is 9.59 Å². The molecule has 3 atom stereocenters. The summed E-state index contributed by atoms with van der Waals surface area (Å²) in [6.07, 6.45) is 1.18. The Hall–Kier alpha value is -3.84. The third-order valence-electron chi connectivity index (χ3n) is 8.35. The van der Waals surface area contributed by atoms with Gasteiger partial charge in [-0.05, 0) is 30.5 Å². The standard InChI is InChI=1S/C26H21N5O2/c27-25(33)26(28)10-12-9-18(26)31-17-8-4-1-5-13(17)19-15-11-29-24(32)21(15)20-14-6-2-3-7-16(14)30(12)23(20)22(19)31/h1-8,12,18H,9-11,28H2,(H2,27,33)(H,29,32)/t12-,18+,26-/m0/s1. The molecular formula is C26H21N5O2. The van der Waals surface area contributed by atoms with E-state index in [0.717, 1.165) is 54.7 Å². The number of aromatic nitrogens is 2. The number of nitrogens with one attached hydrogen (secondary N) is 1. The van der Waals surface area contributed by atoms with E-state index in [0.29, 0.717) is 19.4 Å². The first-order valence-electron chi connectivity index (χ1n) is 11.4. The number of para-hydroxylation sites is 2. The molecule has 5 N–H and O–H groups in total. The summed E-state index contributed by atoms with van der Waals surface area (Å²) in [5.74, 6) is -0.485. The van der Waals surface area contributed by atoms with Crippen molar-refractivity contribution in [3.05, 3.63) is 59.7 Å². The maximum atomic E-state index is 13.2. The first kappa shape index (κ1) is 17.7. The number of primary amides is 1. The van der Waals surface area contributed by atoms with E-state index in [-0.39, 0.29) is 18.0 Å². The largest absolute Gasteiger partial charge is 0.368 e. The number of hydrogen-bond acceptors (Lipinski definition) is 3. The number of carbonyl (C=O) groups excluding carboxylic acids is 2. The molecule has 0 radical (unpaired) electrons. The fourth-order valence-electron chi connectivity index (χ4n) is 7.09. The molecule has 33 heavy (non-hydrogen) atoms. The molecule has 2 aromatic heterocycles. The van der Waals surface area contributed by atoms with Crippen LogP contribution < -0.4 is 16.8 Å². The van der Waals surface area contributed by atoms with Crippen molar-refractivity contribution in [2.24, 2.45) is 11.5 Å². The van der Waals surface area contributed by atoms with E-state index in [2.05, 4.69) is 38.7 Å². The Morgan fingerprint density at radius 2 is 1.61 bits per heavy atom. The second-order valence-corrected chi connectivity index (χ2v) is 9.77. The summed E-state index contributed by atoms with van der Waals surface area (Å²) in [7, 11) is 0. The molecule has 2 amide bonds. The average molecular weight is 435 g/mol. The Bertz CT molecular complexity index is 1760. The molecule has 5 aromatic rings. The summed E-state index contributed by atoms with van der Waals surface area (Å²) in [6.45, 7) is 0.492. The van der Waals surface area contributed by atoms with E-state index in [9.17, 15) is 9.59 Å². The van der Waals surface area contributed by atoms with Crippen LogP contribution in [0.3, 0.4) is 0 Å². The number of amides is 2. The highest BCUT2D eigenvalue weighted by Crippen LogP contribution is 2.55. The molecule has 1 aliphatic carbocycles. The minimum Gasteiger partial charge on any atom is -0.368 e. The zero-order valence-corrected chi connectivity index (χ0v) is 17.8. The number of fused-ring (bicyclic) bond motifs is 13. The van der Waals surface area contributed by atoms with Crippen LogP contribution in [0.25, 0.3) is 43.6 Å². The smallest absolute Gasteiger partial charge is 0.252 e. The van der Waals surface area contributed by atoms with E-state index in [1.807, 2.05) is 24.3 Å². The van der Waals surface area contributed by atoms with Gasteiger partial charge in [-0.15, -0.1) is 0 Å². The van der Waals surface area contributed by atoms with Gasteiger partial charge in [0, 0.05) is 45.2 Å². The Kier molecular flexibility index (Phi) is 2.88. The monoisotopic (exact) mass is 435 g/mol.